The van der Waals surface area contributed by atoms with Crippen LogP contribution in [0.25, 0.3) is 0 Å². The molecule has 0 aliphatic rings. The van der Waals surface area contributed by atoms with E-state index < -0.39 is 0 Å². The average molecular weight is 262 g/mol. The highest BCUT2D eigenvalue weighted by atomic mass is 16.5. The third-order valence-electron chi connectivity index (χ3n) is 2.92. The van der Waals surface area contributed by atoms with Crippen molar-refractivity contribution in [3.8, 4) is 11.5 Å². The highest BCUT2D eigenvalue weighted by Crippen LogP contribution is 2.30. The van der Waals surface area contributed by atoms with Gasteiger partial charge in [-0.2, -0.15) is 0 Å². The Balaban J connectivity index is 2.42. The lowest BCUT2D eigenvalue weighted by atomic mass is 10.0. The molecule has 19 heavy (non-hydrogen) atoms. The molecule has 1 aromatic carbocycles. The molecule has 0 radical (unpaired) electrons. The molecule has 0 aliphatic heterocycles. The van der Waals surface area contributed by atoms with Crippen LogP contribution in [0.15, 0.2) is 34.7 Å². The maximum absolute atomic E-state index is 5.64. The summed E-state index contributed by atoms with van der Waals surface area (Å²) < 4.78 is 16.1. The van der Waals surface area contributed by atoms with Gasteiger partial charge < -0.3 is 13.9 Å². The Kier molecular flexibility index (Phi) is 4.09. The van der Waals surface area contributed by atoms with Crippen molar-refractivity contribution >= 4 is 0 Å². The van der Waals surface area contributed by atoms with E-state index in [4.69, 9.17) is 19.7 Å². The molecular weight excluding hydrogens is 244 g/mol. The first-order valence-electron chi connectivity index (χ1n) is 5.93. The summed E-state index contributed by atoms with van der Waals surface area (Å²) in [6.45, 7) is 1.89. The van der Waals surface area contributed by atoms with Crippen molar-refractivity contribution < 1.29 is 13.9 Å². The molecule has 0 aliphatic carbocycles. The molecule has 102 valence electrons. The van der Waals surface area contributed by atoms with Crippen LogP contribution in [0.3, 0.4) is 0 Å². The number of hydrogen-bond acceptors (Lipinski definition) is 5. The van der Waals surface area contributed by atoms with Crippen LogP contribution < -0.4 is 20.7 Å². The summed E-state index contributed by atoms with van der Waals surface area (Å²) in [5.74, 6) is 8.63. The van der Waals surface area contributed by atoms with Crippen LogP contribution in [-0.4, -0.2) is 14.2 Å². The summed E-state index contributed by atoms with van der Waals surface area (Å²) in [5.41, 5.74) is 3.66. The minimum atomic E-state index is -0.252. The normalized spacial score (nSPS) is 12.2. The topological polar surface area (TPSA) is 69.7 Å². The van der Waals surface area contributed by atoms with Crippen LogP contribution in [0.1, 0.15) is 23.1 Å². The maximum Gasteiger partial charge on any atom is 0.126 e. The van der Waals surface area contributed by atoms with Crippen LogP contribution in [0, 0.1) is 6.92 Å². The predicted octanol–water partition coefficient (Wildman–Crippen LogP) is 2.16. The van der Waals surface area contributed by atoms with E-state index in [1.165, 1.54) is 0 Å². The van der Waals surface area contributed by atoms with Crippen molar-refractivity contribution in [1.82, 2.24) is 5.43 Å². The zero-order chi connectivity index (χ0) is 13.8. The van der Waals surface area contributed by atoms with Gasteiger partial charge in [0, 0.05) is 6.07 Å². The van der Waals surface area contributed by atoms with Gasteiger partial charge in [0.1, 0.15) is 29.1 Å². The second-order valence-electron chi connectivity index (χ2n) is 4.19. The number of furan rings is 1. The molecule has 1 aromatic heterocycles. The predicted molar refractivity (Wildman–Crippen MR) is 72.2 cm³/mol. The second-order valence-corrected chi connectivity index (χ2v) is 4.19. The minimum absolute atomic E-state index is 0.252. The lowest BCUT2D eigenvalue weighted by Crippen LogP contribution is -2.28. The summed E-state index contributed by atoms with van der Waals surface area (Å²) in [6, 6.07) is 9.14. The zero-order valence-electron chi connectivity index (χ0n) is 11.3. The monoisotopic (exact) mass is 262 g/mol. The maximum atomic E-state index is 5.64. The number of rotatable bonds is 5. The van der Waals surface area contributed by atoms with E-state index in [0.717, 1.165) is 17.1 Å². The van der Waals surface area contributed by atoms with E-state index >= 15 is 0 Å². The molecule has 0 spiro atoms. The molecule has 5 heteroatoms. The van der Waals surface area contributed by atoms with Crippen molar-refractivity contribution in [3.05, 3.63) is 47.4 Å². The Morgan fingerprint density at radius 3 is 2.16 bits per heavy atom. The molecule has 0 fully saturated rings. The summed E-state index contributed by atoms with van der Waals surface area (Å²) in [5, 5.41) is 0. The lowest BCUT2D eigenvalue weighted by molar-refractivity contribution is 0.389. The Hall–Kier alpha value is -1.98. The number of hydrogen-bond donors (Lipinski definition) is 2. The van der Waals surface area contributed by atoms with E-state index in [0.29, 0.717) is 11.5 Å². The molecule has 0 amide bonds. The van der Waals surface area contributed by atoms with Gasteiger partial charge in [0.15, 0.2) is 0 Å². The van der Waals surface area contributed by atoms with E-state index in [1.54, 1.807) is 14.2 Å². The Morgan fingerprint density at radius 2 is 1.74 bits per heavy atom. The standard InChI is InChI=1S/C14H18N2O3/c1-9-4-5-13(19-9)14(16-15)10-6-11(17-2)8-12(7-10)18-3/h4-8,14,16H,15H2,1-3H3. The average Bonchev–Trinajstić information content (AvgIpc) is 2.85. The Labute approximate surface area is 112 Å². The van der Waals surface area contributed by atoms with Gasteiger partial charge in [0.25, 0.3) is 0 Å². The van der Waals surface area contributed by atoms with E-state index in [1.807, 2.05) is 37.3 Å². The minimum Gasteiger partial charge on any atom is -0.497 e. The van der Waals surface area contributed by atoms with Crippen molar-refractivity contribution in [2.24, 2.45) is 5.84 Å². The van der Waals surface area contributed by atoms with Gasteiger partial charge in [-0.3, -0.25) is 5.84 Å². The van der Waals surface area contributed by atoms with Gasteiger partial charge in [0.05, 0.1) is 14.2 Å². The van der Waals surface area contributed by atoms with Crippen LogP contribution in [0.5, 0.6) is 11.5 Å². The van der Waals surface area contributed by atoms with Gasteiger partial charge in [-0.25, -0.2) is 5.43 Å². The van der Waals surface area contributed by atoms with Gasteiger partial charge in [-0.15, -0.1) is 0 Å². The number of methoxy groups -OCH3 is 2. The van der Waals surface area contributed by atoms with Crippen LogP contribution in [-0.2, 0) is 0 Å². The summed E-state index contributed by atoms with van der Waals surface area (Å²) in [7, 11) is 3.22. The van der Waals surface area contributed by atoms with Crippen LogP contribution in [0.4, 0.5) is 0 Å². The first-order chi connectivity index (χ1) is 9.17. The van der Waals surface area contributed by atoms with Crippen molar-refractivity contribution in [3.63, 3.8) is 0 Å². The molecular formula is C14H18N2O3. The van der Waals surface area contributed by atoms with Crippen LogP contribution >= 0.6 is 0 Å². The fourth-order valence-corrected chi connectivity index (χ4v) is 1.95. The van der Waals surface area contributed by atoms with E-state index in [-0.39, 0.29) is 6.04 Å². The van der Waals surface area contributed by atoms with E-state index in [2.05, 4.69) is 5.43 Å². The molecule has 1 atom stereocenters. The summed E-state index contributed by atoms with van der Waals surface area (Å²) in [4.78, 5) is 0. The number of hydrazine groups is 1. The third kappa shape index (κ3) is 2.89. The second kappa shape index (κ2) is 5.77. The molecule has 5 nitrogen and oxygen atoms in total. The van der Waals surface area contributed by atoms with Gasteiger partial charge >= 0.3 is 0 Å². The highest BCUT2D eigenvalue weighted by Gasteiger charge is 2.18. The molecule has 1 heterocycles. The van der Waals surface area contributed by atoms with Crippen molar-refractivity contribution in [2.45, 2.75) is 13.0 Å². The molecule has 0 saturated carbocycles. The Morgan fingerprint density at radius 1 is 1.11 bits per heavy atom. The van der Waals surface area contributed by atoms with Crippen molar-refractivity contribution in [1.29, 1.82) is 0 Å². The first-order valence-corrected chi connectivity index (χ1v) is 5.93. The lowest BCUT2D eigenvalue weighted by Gasteiger charge is -2.16. The number of nitrogens with one attached hydrogen (secondary N) is 1. The molecule has 2 aromatic rings. The number of nitrogens with two attached hydrogens (primary N) is 1. The molecule has 2 rings (SSSR count). The van der Waals surface area contributed by atoms with E-state index in [9.17, 15) is 0 Å². The Bertz CT molecular complexity index is 529. The number of ether oxygens (including phenoxy) is 2. The third-order valence-corrected chi connectivity index (χ3v) is 2.92. The fraction of sp³-hybridized carbons (Fsp3) is 0.286. The largest absolute Gasteiger partial charge is 0.497 e. The van der Waals surface area contributed by atoms with Crippen molar-refractivity contribution in [2.75, 3.05) is 14.2 Å². The smallest absolute Gasteiger partial charge is 0.126 e. The molecule has 3 N–H and O–H groups in total. The van der Waals surface area contributed by atoms with Gasteiger partial charge in [-0.1, -0.05) is 0 Å². The molecule has 1 unspecified atom stereocenters. The highest BCUT2D eigenvalue weighted by molar-refractivity contribution is 5.41. The first kappa shape index (κ1) is 13.5. The SMILES string of the molecule is COc1cc(OC)cc(C(NN)c2ccc(C)o2)c1. The molecule has 0 bridgehead atoms. The zero-order valence-corrected chi connectivity index (χ0v) is 11.3. The van der Waals surface area contributed by atoms with Gasteiger partial charge in [0.2, 0.25) is 0 Å². The molecule has 0 saturated heterocycles. The van der Waals surface area contributed by atoms with Crippen LogP contribution in [0.2, 0.25) is 0 Å². The van der Waals surface area contributed by atoms with Gasteiger partial charge in [-0.05, 0) is 36.8 Å². The number of benzene rings is 1. The quantitative estimate of drug-likeness (QED) is 0.638. The fourth-order valence-electron chi connectivity index (χ4n) is 1.95. The summed E-state index contributed by atoms with van der Waals surface area (Å²) in [6.07, 6.45) is 0. The summed E-state index contributed by atoms with van der Waals surface area (Å²) >= 11 is 0. The number of aryl methyl sites for hydroxylation is 1.